The molecule has 1 aliphatic rings. The highest BCUT2D eigenvalue weighted by atomic mass is 79.9. The highest BCUT2D eigenvalue weighted by Crippen LogP contribution is 2.35. The number of thiazole rings is 1. The fourth-order valence-corrected chi connectivity index (χ4v) is 6.69. The summed E-state index contributed by atoms with van der Waals surface area (Å²) >= 11 is 8.41. The summed E-state index contributed by atoms with van der Waals surface area (Å²) in [5, 5.41) is 0. The lowest BCUT2D eigenvalue weighted by atomic mass is 9.96. The zero-order chi connectivity index (χ0) is 29.1. The molecule has 41 heavy (non-hydrogen) atoms. The first kappa shape index (κ1) is 29.0. The van der Waals surface area contributed by atoms with Crippen molar-refractivity contribution in [2.75, 3.05) is 13.7 Å². The van der Waals surface area contributed by atoms with Crippen LogP contribution in [0.25, 0.3) is 6.08 Å². The van der Waals surface area contributed by atoms with Crippen LogP contribution in [0.4, 0.5) is 0 Å². The number of benzene rings is 3. The molecule has 0 spiro atoms. The van der Waals surface area contributed by atoms with Crippen molar-refractivity contribution in [2.24, 2.45) is 4.99 Å². The summed E-state index contributed by atoms with van der Waals surface area (Å²) in [4.78, 5) is 32.2. The highest BCUT2D eigenvalue weighted by Gasteiger charge is 2.33. The van der Waals surface area contributed by atoms with E-state index in [1.807, 2.05) is 66.7 Å². The maximum Gasteiger partial charge on any atom is 0.338 e. The minimum Gasteiger partial charge on any atom is -0.496 e. The van der Waals surface area contributed by atoms with Crippen LogP contribution in [0.2, 0.25) is 0 Å². The predicted octanol–water partition coefficient (Wildman–Crippen LogP) is 5.91. The van der Waals surface area contributed by atoms with Gasteiger partial charge in [0.2, 0.25) is 0 Å². The molecule has 5 rings (SSSR count). The number of fused-ring (bicyclic) bond motifs is 1. The SMILES string of the molecule is CCOC(=O)C1=C(C)N=c2s/c(=C/c3ccc(OCc4ccccc4)c(Br)c3)c(=O)n2[C@@H]1c1ccc(OC)c(Br)c1. The van der Waals surface area contributed by atoms with Crippen LogP contribution in [-0.2, 0) is 16.1 Å². The number of allylic oxidation sites excluding steroid dienone is 1. The molecule has 0 saturated carbocycles. The number of ether oxygens (including phenoxy) is 3. The fraction of sp³-hybridized carbons (Fsp3) is 0.194. The summed E-state index contributed by atoms with van der Waals surface area (Å²) in [6.07, 6.45) is 1.82. The lowest BCUT2D eigenvalue weighted by molar-refractivity contribution is -0.139. The predicted molar refractivity (Wildman–Crippen MR) is 166 cm³/mol. The van der Waals surface area contributed by atoms with Gasteiger partial charge in [0, 0.05) is 0 Å². The molecule has 210 valence electrons. The molecule has 3 aromatic carbocycles. The van der Waals surface area contributed by atoms with Gasteiger partial charge in [-0.05, 0) is 92.7 Å². The van der Waals surface area contributed by atoms with Gasteiger partial charge in [-0.2, -0.15) is 0 Å². The largest absolute Gasteiger partial charge is 0.496 e. The van der Waals surface area contributed by atoms with Crippen molar-refractivity contribution in [1.29, 1.82) is 0 Å². The first-order valence-corrected chi connectivity index (χ1v) is 15.2. The van der Waals surface area contributed by atoms with E-state index < -0.39 is 12.0 Å². The van der Waals surface area contributed by atoms with Crippen LogP contribution in [0.15, 0.2) is 96.7 Å². The Balaban J connectivity index is 1.55. The maximum absolute atomic E-state index is 13.9. The molecule has 0 saturated heterocycles. The van der Waals surface area contributed by atoms with Gasteiger partial charge in [-0.1, -0.05) is 53.8 Å². The molecule has 0 amide bonds. The van der Waals surface area contributed by atoms with Gasteiger partial charge >= 0.3 is 5.97 Å². The summed E-state index contributed by atoms with van der Waals surface area (Å²) in [6, 6.07) is 20.4. The topological polar surface area (TPSA) is 79.1 Å². The number of halogens is 2. The summed E-state index contributed by atoms with van der Waals surface area (Å²) in [5.41, 5.74) is 3.20. The minimum absolute atomic E-state index is 0.207. The Morgan fingerprint density at radius 2 is 1.78 bits per heavy atom. The fourth-order valence-electron chi connectivity index (χ4n) is 4.57. The summed E-state index contributed by atoms with van der Waals surface area (Å²) in [5.74, 6) is 0.837. The van der Waals surface area contributed by atoms with Gasteiger partial charge in [0.1, 0.15) is 18.1 Å². The molecule has 1 atom stereocenters. The van der Waals surface area contributed by atoms with Crippen molar-refractivity contribution in [3.8, 4) is 11.5 Å². The van der Waals surface area contributed by atoms with Crippen LogP contribution in [-0.4, -0.2) is 24.3 Å². The second-order valence-corrected chi connectivity index (χ2v) is 11.9. The van der Waals surface area contributed by atoms with Crippen LogP contribution < -0.4 is 24.4 Å². The van der Waals surface area contributed by atoms with Gasteiger partial charge in [-0.15, -0.1) is 0 Å². The summed E-state index contributed by atoms with van der Waals surface area (Å²) in [6.45, 7) is 4.16. The Morgan fingerprint density at radius 3 is 2.46 bits per heavy atom. The quantitative estimate of drug-likeness (QED) is 0.214. The zero-order valence-corrected chi connectivity index (χ0v) is 26.5. The van der Waals surface area contributed by atoms with E-state index in [-0.39, 0.29) is 12.2 Å². The standard InChI is InChI=1S/C31H26Br2N2O5S/c1-4-39-30(37)27-18(2)34-31-35(28(27)21-11-13-24(38-3)23(33)16-21)29(36)26(41-31)15-20-10-12-25(22(32)14-20)40-17-19-8-6-5-7-9-19/h5-16,28H,4,17H2,1-3H3/b26-15+/t28-/m1/s1. The number of carbonyl (C=O) groups is 1. The Morgan fingerprint density at radius 1 is 1.05 bits per heavy atom. The number of aromatic nitrogens is 1. The lowest BCUT2D eigenvalue weighted by Crippen LogP contribution is -2.39. The van der Waals surface area contributed by atoms with Crippen molar-refractivity contribution < 1.29 is 19.0 Å². The third-order valence-electron chi connectivity index (χ3n) is 6.50. The van der Waals surface area contributed by atoms with E-state index in [4.69, 9.17) is 14.2 Å². The van der Waals surface area contributed by atoms with E-state index in [0.717, 1.165) is 21.2 Å². The molecule has 7 nitrogen and oxygen atoms in total. The van der Waals surface area contributed by atoms with Gasteiger partial charge < -0.3 is 14.2 Å². The Hall–Kier alpha value is -3.47. The molecule has 1 aromatic heterocycles. The number of methoxy groups -OCH3 is 1. The number of rotatable bonds is 8. The summed E-state index contributed by atoms with van der Waals surface area (Å²) in [7, 11) is 1.58. The van der Waals surface area contributed by atoms with Crippen LogP contribution >= 0.6 is 43.2 Å². The summed E-state index contributed by atoms with van der Waals surface area (Å²) < 4.78 is 20.3. The molecule has 0 N–H and O–H groups in total. The first-order valence-electron chi connectivity index (χ1n) is 12.8. The van der Waals surface area contributed by atoms with Gasteiger partial charge in [-0.3, -0.25) is 9.36 Å². The van der Waals surface area contributed by atoms with Crippen LogP contribution in [0.5, 0.6) is 11.5 Å². The van der Waals surface area contributed by atoms with E-state index in [0.29, 0.717) is 43.2 Å². The van der Waals surface area contributed by atoms with Crippen molar-refractivity contribution in [3.05, 3.63) is 123 Å². The number of carbonyl (C=O) groups excluding carboxylic acids is 1. The lowest BCUT2D eigenvalue weighted by Gasteiger charge is -2.25. The Labute approximate surface area is 257 Å². The average Bonchev–Trinajstić information content (AvgIpc) is 3.26. The molecule has 0 fully saturated rings. The molecular formula is C31H26Br2N2O5S. The number of hydrogen-bond acceptors (Lipinski definition) is 7. The van der Waals surface area contributed by atoms with Crippen molar-refractivity contribution in [3.63, 3.8) is 0 Å². The van der Waals surface area contributed by atoms with Crippen LogP contribution in [0.1, 0.15) is 36.6 Å². The van der Waals surface area contributed by atoms with Crippen molar-refractivity contribution in [1.82, 2.24) is 4.57 Å². The molecule has 0 aliphatic carbocycles. The van der Waals surface area contributed by atoms with Gasteiger partial charge in [0.05, 0.1) is 44.5 Å². The molecular weight excluding hydrogens is 672 g/mol. The number of esters is 1. The van der Waals surface area contributed by atoms with E-state index in [1.54, 1.807) is 31.6 Å². The maximum atomic E-state index is 13.9. The van der Waals surface area contributed by atoms with Crippen LogP contribution in [0.3, 0.4) is 0 Å². The second kappa shape index (κ2) is 12.6. The number of hydrogen-bond donors (Lipinski definition) is 0. The van der Waals surface area contributed by atoms with Crippen molar-refractivity contribution >= 4 is 55.2 Å². The Kier molecular flexibility index (Phi) is 8.91. The van der Waals surface area contributed by atoms with Gasteiger partial charge in [-0.25, -0.2) is 9.79 Å². The first-order chi connectivity index (χ1) is 19.8. The van der Waals surface area contributed by atoms with E-state index >= 15 is 0 Å². The second-order valence-electron chi connectivity index (χ2n) is 9.16. The van der Waals surface area contributed by atoms with Gasteiger partial charge in [0.25, 0.3) is 5.56 Å². The zero-order valence-electron chi connectivity index (χ0n) is 22.5. The molecule has 0 radical (unpaired) electrons. The molecule has 0 bridgehead atoms. The molecule has 0 unspecified atom stereocenters. The Bertz CT molecular complexity index is 1830. The van der Waals surface area contributed by atoms with Crippen LogP contribution in [0, 0.1) is 0 Å². The van der Waals surface area contributed by atoms with Gasteiger partial charge in [0.15, 0.2) is 4.80 Å². The monoisotopic (exact) mass is 696 g/mol. The van der Waals surface area contributed by atoms with E-state index in [1.165, 1.54) is 11.3 Å². The molecule has 4 aromatic rings. The van der Waals surface area contributed by atoms with E-state index in [9.17, 15) is 9.59 Å². The molecule has 10 heteroatoms. The molecule has 1 aliphatic heterocycles. The van der Waals surface area contributed by atoms with E-state index in [2.05, 4.69) is 36.9 Å². The third kappa shape index (κ3) is 6.10. The minimum atomic E-state index is -0.713. The normalized spacial score (nSPS) is 14.9. The van der Waals surface area contributed by atoms with Crippen molar-refractivity contribution in [2.45, 2.75) is 26.5 Å². The third-order valence-corrected chi connectivity index (χ3v) is 8.72. The average molecular weight is 698 g/mol. The molecule has 2 heterocycles. The highest BCUT2D eigenvalue weighted by molar-refractivity contribution is 9.10. The number of nitrogens with zero attached hydrogens (tertiary/aromatic N) is 2. The smallest absolute Gasteiger partial charge is 0.338 e.